The number of hydrogen-bond acceptors (Lipinski definition) is 6. The molecule has 1 N–H and O–H groups in total. The van der Waals surface area contributed by atoms with Crippen LogP contribution in [0.2, 0.25) is 0 Å². The molecule has 0 radical (unpaired) electrons. The van der Waals surface area contributed by atoms with Crippen LogP contribution in [0.4, 0.5) is 14.6 Å². The van der Waals surface area contributed by atoms with Gasteiger partial charge in [0.25, 0.3) is 5.91 Å². The average Bonchev–Trinajstić information content (AvgIpc) is 2.61. The van der Waals surface area contributed by atoms with Crippen LogP contribution in [-0.2, 0) is 11.2 Å². The Labute approximate surface area is 146 Å². The molecule has 0 aliphatic heterocycles. The highest BCUT2D eigenvalue weighted by atomic mass is 19.3. The first kappa shape index (κ1) is 19.0. The Balaban J connectivity index is 1.82. The Kier molecular flexibility index (Phi) is 6.77. The van der Waals surface area contributed by atoms with Crippen molar-refractivity contribution in [1.82, 2.24) is 10.3 Å². The van der Waals surface area contributed by atoms with Crippen LogP contribution < -0.4 is 14.8 Å². The number of ether oxygens (including phenoxy) is 2. The molecule has 1 aromatic heterocycles. The second kappa shape index (κ2) is 9.25. The van der Waals surface area contributed by atoms with Crippen LogP contribution in [-0.4, -0.2) is 35.6 Å². The molecule has 1 heterocycles. The van der Waals surface area contributed by atoms with Gasteiger partial charge in [0, 0.05) is 6.54 Å². The van der Waals surface area contributed by atoms with E-state index in [4.69, 9.17) is 4.74 Å². The van der Waals surface area contributed by atoms with E-state index in [0.717, 1.165) is 0 Å². The Hall–Kier alpha value is -3.30. The summed E-state index contributed by atoms with van der Waals surface area (Å²) in [7, 11) is 0. The molecule has 0 aliphatic rings. The predicted octanol–water partition coefficient (Wildman–Crippen LogP) is 2.33. The number of carbonyl (C=O) groups is 1. The standard InChI is InChI=1S/C16H15F2N3O5/c17-16(18)26-12-5-2-1-4-11(12)7-9-19-14(22)10-25-13-6-3-8-20-15(13)21(23)24/h1-6,8,16H,7,9-10H2,(H,19,22). The van der Waals surface area contributed by atoms with Crippen LogP contribution in [0.25, 0.3) is 0 Å². The fraction of sp³-hybridized carbons (Fsp3) is 0.250. The van der Waals surface area contributed by atoms with Crippen molar-refractivity contribution >= 4 is 11.7 Å². The van der Waals surface area contributed by atoms with E-state index >= 15 is 0 Å². The van der Waals surface area contributed by atoms with E-state index < -0.39 is 29.9 Å². The van der Waals surface area contributed by atoms with Crippen molar-refractivity contribution in [2.24, 2.45) is 0 Å². The highest BCUT2D eigenvalue weighted by Gasteiger charge is 2.16. The molecule has 0 fully saturated rings. The fourth-order valence-electron chi connectivity index (χ4n) is 2.08. The van der Waals surface area contributed by atoms with Crippen molar-refractivity contribution in [3.8, 4) is 11.5 Å². The predicted molar refractivity (Wildman–Crippen MR) is 86.2 cm³/mol. The average molecular weight is 367 g/mol. The molecule has 0 saturated carbocycles. The van der Waals surface area contributed by atoms with E-state index in [1.165, 1.54) is 24.4 Å². The third-order valence-electron chi connectivity index (χ3n) is 3.19. The zero-order valence-electron chi connectivity index (χ0n) is 13.4. The maximum atomic E-state index is 12.3. The van der Waals surface area contributed by atoms with E-state index in [1.807, 2.05) is 0 Å². The fourth-order valence-corrected chi connectivity index (χ4v) is 2.08. The first-order valence-corrected chi connectivity index (χ1v) is 7.49. The first-order chi connectivity index (χ1) is 12.5. The molecule has 0 atom stereocenters. The molecular weight excluding hydrogens is 352 g/mol. The minimum atomic E-state index is -2.94. The number of nitrogens with one attached hydrogen (secondary N) is 1. The van der Waals surface area contributed by atoms with Crippen LogP contribution in [0, 0.1) is 10.1 Å². The van der Waals surface area contributed by atoms with E-state index in [1.54, 1.807) is 18.2 Å². The number of amides is 1. The van der Waals surface area contributed by atoms with Crippen molar-refractivity contribution in [2.45, 2.75) is 13.0 Å². The molecule has 0 unspecified atom stereocenters. The number of aromatic nitrogens is 1. The van der Waals surface area contributed by atoms with Gasteiger partial charge in [-0.3, -0.25) is 4.79 Å². The van der Waals surface area contributed by atoms with Gasteiger partial charge in [-0.1, -0.05) is 18.2 Å². The van der Waals surface area contributed by atoms with Gasteiger partial charge in [0.1, 0.15) is 11.9 Å². The molecule has 26 heavy (non-hydrogen) atoms. The highest BCUT2D eigenvalue weighted by molar-refractivity contribution is 5.77. The summed E-state index contributed by atoms with van der Waals surface area (Å²) in [6, 6.07) is 9.03. The second-order valence-electron chi connectivity index (χ2n) is 4.96. The Bertz CT molecular complexity index is 773. The van der Waals surface area contributed by atoms with Crippen molar-refractivity contribution in [3.05, 3.63) is 58.3 Å². The summed E-state index contributed by atoms with van der Waals surface area (Å²) in [6.07, 6.45) is 1.51. The van der Waals surface area contributed by atoms with Crippen molar-refractivity contribution in [3.63, 3.8) is 0 Å². The quantitative estimate of drug-likeness (QED) is 0.539. The second-order valence-corrected chi connectivity index (χ2v) is 4.96. The molecule has 0 saturated heterocycles. The summed E-state index contributed by atoms with van der Waals surface area (Å²) in [5, 5.41) is 13.3. The Morgan fingerprint density at radius 2 is 1.96 bits per heavy atom. The van der Waals surface area contributed by atoms with Crippen LogP contribution in [0.3, 0.4) is 0 Å². The number of hydrogen-bond donors (Lipinski definition) is 1. The van der Waals surface area contributed by atoms with Gasteiger partial charge in [0.15, 0.2) is 6.61 Å². The van der Waals surface area contributed by atoms with E-state index in [0.29, 0.717) is 5.56 Å². The van der Waals surface area contributed by atoms with Gasteiger partial charge in [0.2, 0.25) is 5.75 Å². The van der Waals surface area contributed by atoms with E-state index in [2.05, 4.69) is 15.0 Å². The number of alkyl halides is 2. The van der Waals surface area contributed by atoms with Gasteiger partial charge >= 0.3 is 12.4 Å². The van der Waals surface area contributed by atoms with Crippen molar-refractivity contribution in [2.75, 3.05) is 13.2 Å². The molecule has 0 bridgehead atoms. The van der Waals surface area contributed by atoms with E-state index in [9.17, 15) is 23.7 Å². The number of rotatable bonds is 9. The molecule has 0 spiro atoms. The number of para-hydroxylation sites is 1. The normalized spacial score (nSPS) is 10.4. The third-order valence-corrected chi connectivity index (χ3v) is 3.19. The van der Waals surface area contributed by atoms with Crippen LogP contribution >= 0.6 is 0 Å². The minimum absolute atomic E-state index is 0.0407. The molecule has 10 heteroatoms. The van der Waals surface area contributed by atoms with Gasteiger partial charge in [-0.25, -0.2) is 0 Å². The lowest BCUT2D eigenvalue weighted by Gasteiger charge is -2.11. The molecule has 1 amide bonds. The Morgan fingerprint density at radius 3 is 2.69 bits per heavy atom. The number of halogens is 2. The summed E-state index contributed by atoms with van der Waals surface area (Å²) in [5.41, 5.74) is 0.511. The number of pyridine rings is 1. The molecule has 2 rings (SSSR count). The van der Waals surface area contributed by atoms with Gasteiger partial charge < -0.3 is 24.9 Å². The third kappa shape index (κ3) is 5.65. The molecule has 0 aliphatic carbocycles. The zero-order chi connectivity index (χ0) is 18.9. The molecular formula is C16H15F2N3O5. The summed E-state index contributed by atoms with van der Waals surface area (Å²) in [6.45, 7) is -3.22. The Morgan fingerprint density at radius 1 is 1.23 bits per heavy atom. The minimum Gasteiger partial charge on any atom is -0.476 e. The summed E-state index contributed by atoms with van der Waals surface area (Å²) >= 11 is 0. The largest absolute Gasteiger partial charge is 0.476 e. The topological polar surface area (TPSA) is 104 Å². The number of carbonyl (C=O) groups excluding carboxylic acids is 1. The monoisotopic (exact) mass is 367 g/mol. The van der Waals surface area contributed by atoms with Crippen LogP contribution in [0.15, 0.2) is 42.6 Å². The van der Waals surface area contributed by atoms with Gasteiger partial charge in [-0.05, 0) is 40.1 Å². The molecule has 1 aromatic carbocycles. The lowest BCUT2D eigenvalue weighted by atomic mass is 10.1. The van der Waals surface area contributed by atoms with Gasteiger partial charge in [0.05, 0.1) is 0 Å². The molecule has 138 valence electrons. The van der Waals surface area contributed by atoms with Crippen molar-refractivity contribution < 1.29 is 28.0 Å². The first-order valence-electron chi connectivity index (χ1n) is 7.49. The van der Waals surface area contributed by atoms with Gasteiger partial charge in [-0.15, -0.1) is 0 Å². The van der Waals surface area contributed by atoms with Crippen LogP contribution in [0.1, 0.15) is 5.56 Å². The summed E-state index contributed by atoms with van der Waals surface area (Å²) in [5.74, 6) is -1.09. The molecule has 2 aromatic rings. The molecule has 8 nitrogen and oxygen atoms in total. The summed E-state index contributed by atoms with van der Waals surface area (Å²) < 4.78 is 34.2. The number of nitro groups is 1. The SMILES string of the molecule is O=C(COc1cccnc1[N+](=O)[O-])NCCc1ccccc1OC(F)F. The number of benzene rings is 1. The summed E-state index contributed by atoms with van der Waals surface area (Å²) in [4.78, 5) is 25.4. The van der Waals surface area contributed by atoms with E-state index in [-0.39, 0.29) is 24.5 Å². The smallest absolute Gasteiger partial charge is 0.406 e. The number of nitrogens with zero attached hydrogens (tertiary/aromatic N) is 2. The van der Waals surface area contributed by atoms with Gasteiger partial charge in [-0.2, -0.15) is 8.78 Å². The van der Waals surface area contributed by atoms with Crippen LogP contribution in [0.5, 0.6) is 11.5 Å². The maximum Gasteiger partial charge on any atom is 0.406 e. The lowest BCUT2D eigenvalue weighted by Crippen LogP contribution is -2.30. The lowest BCUT2D eigenvalue weighted by molar-refractivity contribution is -0.390. The maximum absolute atomic E-state index is 12.3. The zero-order valence-corrected chi connectivity index (χ0v) is 13.4. The highest BCUT2D eigenvalue weighted by Crippen LogP contribution is 2.22. The van der Waals surface area contributed by atoms with Crippen molar-refractivity contribution in [1.29, 1.82) is 0 Å².